The predicted octanol–water partition coefficient (Wildman–Crippen LogP) is 3.52. The molecule has 1 aromatic carbocycles. The number of aromatic nitrogens is 4. The molecule has 0 atom stereocenters. The number of H-pyrrole nitrogens is 1. The molecule has 2 aromatic heterocycles. The number of carbonyl (C=O) groups is 1. The fourth-order valence-corrected chi connectivity index (χ4v) is 3.58. The maximum Gasteiger partial charge on any atom is 0.209 e. The van der Waals surface area contributed by atoms with Crippen LogP contribution >= 0.6 is 11.6 Å². The summed E-state index contributed by atoms with van der Waals surface area (Å²) in [6, 6.07) is 9.54. The number of rotatable bonds is 4. The molecule has 0 saturated carbocycles. The second-order valence-corrected chi connectivity index (χ2v) is 6.81. The van der Waals surface area contributed by atoms with Crippen LogP contribution in [0.3, 0.4) is 0 Å². The summed E-state index contributed by atoms with van der Waals surface area (Å²) < 4.78 is 0. The van der Waals surface area contributed by atoms with Crippen LogP contribution in [-0.4, -0.2) is 44.6 Å². The second-order valence-electron chi connectivity index (χ2n) is 6.38. The number of hydrogen-bond donors (Lipinski definition) is 1. The molecule has 26 heavy (non-hydrogen) atoms. The lowest BCUT2D eigenvalue weighted by atomic mass is 9.89. The average Bonchev–Trinajstić information content (AvgIpc) is 3.14. The van der Waals surface area contributed by atoms with Crippen molar-refractivity contribution >= 4 is 18.0 Å². The number of nitrogens with one attached hydrogen (secondary N) is 1. The number of aromatic amines is 1. The summed E-state index contributed by atoms with van der Waals surface area (Å²) >= 11 is 6.03. The summed E-state index contributed by atoms with van der Waals surface area (Å²) in [5.74, 6) is 0.310. The highest BCUT2D eigenvalue weighted by Gasteiger charge is 2.27. The number of halogens is 1. The Kier molecular flexibility index (Phi) is 4.67. The van der Waals surface area contributed by atoms with Gasteiger partial charge < -0.3 is 4.90 Å². The van der Waals surface area contributed by atoms with E-state index in [4.69, 9.17) is 11.6 Å². The number of benzene rings is 1. The molecule has 0 bridgehead atoms. The molecule has 3 aromatic rings. The molecule has 7 heteroatoms. The smallest absolute Gasteiger partial charge is 0.209 e. The molecule has 132 valence electrons. The maximum atomic E-state index is 11.0. The van der Waals surface area contributed by atoms with Crippen molar-refractivity contribution in [1.29, 1.82) is 0 Å². The van der Waals surface area contributed by atoms with Gasteiger partial charge in [-0.15, -0.1) is 0 Å². The van der Waals surface area contributed by atoms with Crippen LogP contribution in [0.25, 0.3) is 22.5 Å². The minimum Gasteiger partial charge on any atom is -0.345 e. The lowest BCUT2D eigenvalue weighted by molar-refractivity contribution is -0.119. The van der Waals surface area contributed by atoms with Crippen LogP contribution in [-0.2, 0) is 4.79 Å². The largest absolute Gasteiger partial charge is 0.345 e. The topological polar surface area (TPSA) is 74.8 Å². The molecule has 0 radical (unpaired) electrons. The van der Waals surface area contributed by atoms with E-state index in [0.29, 0.717) is 10.9 Å². The molecule has 4 rings (SSSR count). The van der Waals surface area contributed by atoms with Gasteiger partial charge in [0.15, 0.2) is 0 Å². The molecule has 0 unspecified atom stereocenters. The van der Waals surface area contributed by atoms with Gasteiger partial charge in [-0.2, -0.15) is 5.10 Å². The highest BCUT2D eigenvalue weighted by molar-refractivity contribution is 6.30. The Balaban J connectivity index is 1.77. The van der Waals surface area contributed by atoms with Crippen molar-refractivity contribution < 1.29 is 4.79 Å². The zero-order chi connectivity index (χ0) is 17.9. The third kappa shape index (κ3) is 3.20. The third-order valence-corrected chi connectivity index (χ3v) is 5.09. The number of hydrogen-bond acceptors (Lipinski definition) is 4. The van der Waals surface area contributed by atoms with Crippen LogP contribution in [0, 0.1) is 0 Å². The first kappa shape index (κ1) is 16.7. The van der Waals surface area contributed by atoms with E-state index in [2.05, 4.69) is 20.2 Å². The van der Waals surface area contributed by atoms with Crippen molar-refractivity contribution in [2.45, 2.75) is 18.8 Å². The highest BCUT2D eigenvalue weighted by Crippen LogP contribution is 2.38. The van der Waals surface area contributed by atoms with E-state index in [-0.39, 0.29) is 0 Å². The molecule has 1 aliphatic rings. The Morgan fingerprint density at radius 1 is 1.15 bits per heavy atom. The van der Waals surface area contributed by atoms with E-state index in [1.807, 2.05) is 35.2 Å². The third-order valence-electron chi connectivity index (χ3n) is 4.84. The molecule has 0 spiro atoms. The van der Waals surface area contributed by atoms with E-state index in [1.165, 1.54) is 0 Å². The van der Waals surface area contributed by atoms with Crippen molar-refractivity contribution in [2.24, 2.45) is 0 Å². The van der Waals surface area contributed by atoms with Crippen LogP contribution in [0.4, 0.5) is 0 Å². The summed E-state index contributed by atoms with van der Waals surface area (Å²) in [5.41, 5.74) is 4.74. The van der Waals surface area contributed by atoms with Crippen LogP contribution in [0.2, 0.25) is 5.02 Å². The van der Waals surface area contributed by atoms with E-state index in [0.717, 1.165) is 60.5 Å². The normalized spacial score (nSPS) is 15.2. The van der Waals surface area contributed by atoms with Gasteiger partial charge >= 0.3 is 0 Å². The zero-order valence-electron chi connectivity index (χ0n) is 14.1. The SMILES string of the molecule is O=CN1CCC(c2[nH]nc(-c3ccc(Cl)cc3)c2-c2ccncn2)CC1. The van der Waals surface area contributed by atoms with Crippen LogP contribution in [0.1, 0.15) is 24.5 Å². The fraction of sp³-hybridized carbons (Fsp3) is 0.263. The first-order valence-corrected chi connectivity index (χ1v) is 8.94. The number of carbonyl (C=O) groups excluding carboxylic acids is 1. The quantitative estimate of drug-likeness (QED) is 0.716. The molecule has 1 amide bonds. The summed E-state index contributed by atoms with van der Waals surface area (Å²) in [7, 11) is 0. The van der Waals surface area contributed by atoms with Crippen molar-refractivity contribution in [3.63, 3.8) is 0 Å². The Hall–Kier alpha value is -2.73. The van der Waals surface area contributed by atoms with Crippen molar-refractivity contribution in [3.8, 4) is 22.5 Å². The summed E-state index contributed by atoms with van der Waals surface area (Å²) in [6.45, 7) is 1.51. The van der Waals surface area contributed by atoms with Crippen LogP contribution in [0.5, 0.6) is 0 Å². The lowest BCUT2D eigenvalue weighted by Gasteiger charge is -2.29. The van der Waals surface area contributed by atoms with Crippen molar-refractivity contribution in [1.82, 2.24) is 25.1 Å². The van der Waals surface area contributed by atoms with Crippen LogP contribution in [0.15, 0.2) is 42.9 Å². The standard InChI is InChI=1S/C19H18ClN5O/c20-15-3-1-13(2-4-15)18-17(16-5-8-21-11-22-16)19(24-23-18)14-6-9-25(12-26)10-7-14/h1-5,8,11-12,14H,6-7,9-10H2,(H,23,24). The molecule has 1 aliphatic heterocycles. The van der Waals surface area contributed by atoms with Gasteiger partial charge in [0.1, 0.15) is 12.0 Å². The Bertz CT molecular complexity index is 886. The average molecular weight is 368 g/mol. The van der Waals surface area contributed by atoms with Crippen molar-refractivity contribution in [3.05, 3.63) is 53.6 Å². The Labute approximate surface area is 156 Å². The molecule has 0 aliphatic carbocycles. The van der Waals surface area contributed by atoms with Crippen LogP contribution < -0.4 is 0 Å². The van der Waals surface area contributed by atoms with Gasteiger partial charge in [-0.25, -0.2) is 9.97 Å². The summed E-state index contributed by atoms with van der Waals surface area (Å²) in [4.78, 5) is 21.3. The van der Waals surface area contributed by atoms with Gasteiger partial charge in [0, 0.05) is 47.0 Å². The summed E-state index contributed by atoms with van der Waals surface area (Å²) in [6.07, 6.45) is 6.01. The lowest BCUT2D eigenvalue weighted by Crippen LogP contribution is -2.31. The summed E-state index contributed by atoms with van der Waals surface area (Å²) in [5, 5.41) is 8.52. The minimum absolute atomic E-state index is 0.310. The van der Waals surface area contributed by atoms with Gasteiger partial charge in [0.2, 0.25) is 6.41 Å². The molecule has 1 N–H and O–H groups in total. The molecular formula is C19H18ClN5O. The van der Waals surface area contributed by atoms with Gasteiger partial charge in [0.25, 0.3) is 0 Å². The monoisotopic (exact) mass is 367 g/mol. The first-order valence-electron chi connectivity index (χ1n) is 8.56. The minimum atomic E-state index is 0.310. The number of likely N-dealkylation sites (tertiary alicyclic amines) is 1. The van der Waals surface area contributed by atoms with E-state index in [9.17, 15) is 4.79 Å². The number of amides is 1. The highest BCUT2D eigenvalue weighted by atomic mass is 35.5. The number of nitrogens with zero attached hydrogens (tertiary/aromatic N) is 4. The molecule has 1 fully saturated rings. The molecular weight excluding hydrogens is 350 g/mol. The number of piperidine rings is 1. The van der Waals surface area contributed by atoms with Gasteiger partial charge in [-0.3, -0.25) is 9.89 Å². The van der Waals surface area contributed by atoms with Gasteiger partial charge in [-0.05, 0) is 31.0 Å². The Morgan fingerprint density at radius 2 is 1.92 bits per heavy atom. The van der Waals surface area contributed by atoms with E-state index >= 15 is 0 Å². The maximum absolute atomic E-state index is 11.0. The zero-order valence-corrected chi connectivity index (χ0v) is 14.9. The first-order chi connectivity index (χ1) is 12.8. The van der Waals surface area contributed by atoms with E-state index < -0.39 is 0 Å². The van der Waals surface area contributed by atoms with Gasteiger partial charge in [0.05, 0.1) is 5.69 Å². The molecule has 6 nitrogen and oxygen atoms in total. The fourth-order valence-electron chi connectivity index (χ4n) is 3.46. The Morgan fingerprint density at radius 3 is 2.58 bits per heavy atom. The predicted molar refractivity (Wildman–Crippen MR) is 99.7 cm³/mol. The van der Waals surface area contributed by atoms with Crippen molar-refractivity contribution in [2.75, 3.05) is 13.1 Å². The second kappa shape index (κ2) is 7.25. The molecule has 1 saturated heterocycles. The van der Waals surface area contributed by atoms with Gasteiger partial charge in [-0.1, -0.05) is 23.7 Å². The van der Waals surface area contributed by atoms with E-state index in [1.54, 1.807) is 12.5 Å². The molecule has 3 heterocycles.